The van der Waals surface area contributed by atoms with Crippen LogP contribution in [0.15, 0.2) is 65.1 Å². The fourth-order valence-corrected chi connectivity index (χ4v) is 3.07. The van der Waals surface area contributed by atoms with Gasteiger partial charge in [0.25, 0.3) is 0 Å². The first-order valence-corrected chi connectivity index (χ1v) is 8.49. The van der Waals surface area contributed by atoms with Gasteiger partial charge in [0, 0.05) is 15.8 Å². The van der Waals surface area contributed by atoms with Crippen molar-refractivity contribution in [2.24, 2.45) is 0 Å². The molecule has 26 heavy (non-hydrogen) atoms. The zero-order valence-electron chi connectivity index (χ0n) is 14.0. The number of ether oxygens (including phenoxy) is 2. The van der Waals surface area contributed by atoms with E-state index in [1.165, 1.54) is 0 Å². The second-order valence-corrected chi connectivity index (χ2v) is 6.37. The topological polar surface area (TPSA) is 48.7 Å². The van der Waals surface area contributed by atoms with E-state index in [-0.39, 0.29) is 6.61 Å². The van der Waals surface area contributed by atoms with Crippen LogP contribution in [0.1, 0.15) is 5.56 Å². The molecule has 0 bridgehead atoms. The van der Waals surface area contributed by atoms with Crippen molar-refractivity contribution in [2.45, 2.75) is 6.92 Å². The second kappa shape index (κ2) is 6.73. The third kappa shape index (κ3) is 3.24. The van der Waals surface area contributed by atoms with Crippen LogP contribution in [0, 0.1) is 6.92 Å². The number of fused-ring (bicyclic) bond motifs is 3. The van der Waals surface area contributed by atoms with Gasteiger partial charge >= 0.3 is 5.97 Å². The van der Waals surface area contributed by atoms with Gasteiger partial charge in [-0.1, -0.05) is 29.8 Å². The van der Waals surface area contributed by atoms with Crippen molar-refractivity contribution in [1.82, 2.24) is 0 Å². The predicted octanol–water partition coefficient (Wildman–Crippen LogP) is 5.53. The third-order valence-corrected chi connectivity index (χ3v) is 4.30. The summed E-state index contributed by atoms with van der Waals surface area (Å²) in [7, 11) is 0. The van der Waals surface area contributed by atoms with Crippen LogP contribution in [-0.2, 0) is 4.79 Å². The summed E-state index contributed by atoms with van der Waals surface area (Å²) in [4.78, 5) is 12.1. The van der Waals surface area contributed by atoms with Gasteiger partial charge in [-0.25, -0.2) is 4.79 Å². The van der Waals surface area contributed by atoms with Gasteiger partial charge < -0.3 is 13.9 Å². The van der Waals surface area contributed by atoms with Gasteiger partial charge in [0.05, 0.1) is 0 Å². The van der Waals surface area contributed by atoms with E-state index in [9.17, 15) is 4.79 Å². The highest BCUT2D eigenvalue weighted by atomic mass is 35.5. The normalized spacial score (nSPS) is 11.0. The van der Waals surface area contributed by atoms with Crippen LogP contribution in [0.4, 0.5) is 0 Å². The predicted molar refractivity (Wildman–Crippen MR) is 101 cm³/mol. The van der Waals surface area contributed by atoms with E-state index >= 15 is 0 Å². The smallest absolute Gasteiger partial charge is 0.349 e. The van der Waals surface area contributed by atoms with Crippen molar-refractivity contribution in [2.75, 3.05) is 6.61 Å². The first-order chi connectivity index (χ1) is 12.6. The van der Waals surface area contributed by atoms with Crippen molar-refractivity contribution >= 4 is 39.5 Å². The summed E-state index contributed by atoms with van der Waals surface area (Å²) in [6, 6.07) is 18.3. The Bertz CT molecular complexity index is 1110. The minimum atomic E-state index is -0.480. The van der Waals surface area contributed by atoms with E-state index in [1.54, 1.807) is 36.4 Å². The quantitative estimate of drug-likeness (QED) is 0.352. The Labute approximate surface area is 154 Å². The van der Waals surface area contributed by atoms with E-state index in [0.29, 0.717) is 16.5 Å². The molecule has 0 aliphatic rings. The first-order valence-electron chi connectivity index (χ1n) is 8.11. The molecule has 0 saturated carbocycles. The summed E-state index contributed by atoms with van der Waals surface area (Å²) in [6.45, 7) is 1.68. The first kappa shape index (κ1) is 16.5. The van der Waals surface area contributed by atoms with Crippen LogP contribution < -0.4 is 9.47 Å². The molecule has 0 atom stereocenters. The number of para-hydroxylation sites is 1. The van der Waals surface area contributed by atoms with Gasteiger partial charge in [0.1, 0.15) is 22.7 Å². The van der Waals surface area contributed by atoms with Gasteiger partial charge in [-0.3, -0.25) is 0 Å². The van der Waals surface area contributed by atoms with Crippen molar-refractivity contribution < 1.29 is 18.7 Å². The monoisotopic (exact) mass is 366 g/mol. The molecule has 0 fully saturated rings. The van der Waals surface area contributed by atoms with Crippen LogP contribution in [0.3, 0.4) is 0 Å². The molecule has 5 heteroatoms. The fraction of sp³-hybridized carbons (Fsp3) is 0.0952. The fourth-order valence-electron chi connectivity index (χ4n) is 2.84. The molecule has 0 spiro atoms. The minimum Gasteiger partial charge on any atom is -0.482 e. The Morgan fingerprint density at radius 2 is 1.81 bits per heavy atom. The molecule has 4 aromatic rings. The molecular formula is C21H15ClO4. The number of benzene rings is 3. The SMILES string of the molecule is Cc1cc(Cl)ccc1OCC(=O)Oc1ccc2oc3ccccc3c2c1. The molecule has 0 amide bonds. The van der Waals surface area contributed by atoms with E-state index in [2.05, 4.69) is 0 Å². The Morgan fingerprint density at radius 1 is 1.00 bits per heavy atom. The number of aryl methyl sites for hydroxylation is 1. The van der Waals surface area contributed by atoms with Crippen molar-refractivity contribution in [1.29, 1.82) is 0 Å². The summed E-state index contributed by atoms with van der Waals surface area (Å²) in [6.07, 6.45) is 0. The number of esters is 1. The van der Waals surface area contributed by atoms with Crippen LogP contribution in [0.5, 0.6) is 11.5 Å². The molecule has 0 radical (unpaired) electrons. The van der Waals surface area contributed by atoms with Crippen molar-refractivity contribution in [3.05, 3.63) is 71.2 Å². The largest absolute Gasteiger partial charge is 0.482 e. The maximum atomic E-state index is 12.1. The maximum Gasteiger partial charge on any atom is 0.349 e. The average Bonchev–Trinajstić information content (AvgIpc) is 2.99. The van der Waals surface area contributed by atoms with Gasteiger partial charge in [-0.2, -0.15) is 0 Å². The number of hydrogen-bond acceptors (Lipinski definition) is 4. The highest BCUT2D eigenvalue weighted by molar-refractivity contribution is 6.30. The third-order valence-electron chi connectivity index (χ3n) is 4.06. The number of carbonyl (C=O) groups is 1. The standard InChI is InChI=1S/C21H15ClO4/c1-13-10-14(22)6-8-18(13)24-12-21(23)25-15-7-9-20-17(11-15)16-4-2-3-5-19(16)26-20/h2-11H,12H2,1H3. The Hall–Kier alpha value is -2.98. The molecule has 4 rings (SSSR count). The number of hydrogen-bond donors (Lipinski definition) is 0. The zero-order valence-corrected chi connectivity index (χ0v) is 14.7. The van der Waals surface area contributed by atoms with Gasteiger partial charge in [-0.15, -0.1) is 0 Å². The molecular weight excluding hydrogens is 352 g/mol. The maximum absolute atomic E-state index is 12.1. The average molecular weight is 367 g/mol. The van der Waals surface area contributed by atoms with Crippen LogP contribution >= 0.6 is 11.6 Å². The molecule has 0 N–H and O–H groups in total. The lowest BCUT2D eigenvalue weighted by Gasteiger charge is -2.09. The van der Waals surface area contributed by atoms with Gasteiger partial charge in [0.2, 0.25) is 0 Å². The zero-order chi connectivity index (χ0) is 18.1. The molecule has 1 heterocycles. The van der Waals surface area contributed by atoms with Crippen LogP contribution in [0.25, 0.3) is 21.9 Å². The van der Waals surface area contributed by atoms with Crippen LogP contribution in [-0.4, -0.2) is 12.6 Å². The van der Waals surface area contributed by atoms with Crippen LogP contribution in [0.2, 0.25) is 5.02 Å². The van der Waals surface area contributed by atoms with E-state index in [1.807, 2.05) is 31.2 Å². The summed E-state index contributed by atoms with van der Waals surface area (Å²) in [5, 5.41) is 2.51. The molecule has 3 aromatic carbocycles. The molecule has 0 unspecified atom stereocenters. The van der Waals surface area contributed by atoms with E-state index in [4.69, 9.17) is 25.5 Å². The second-order valence-electron chi connectivity index (χ2n) is 5.93. The number of rotatable bonds is 4. The Kier molecular flexibility index (Phi) is 4.27. The summed E-state index contributed by atoms with van der Waals surface area (Å²) in [5.74, 6) is 0.569. The van der Waals surface area contributed by atoms with E-state index < -0.39 is 5.97 Å². The summed E-state index contributed by atoms with van der Waals surface area (Å²) < 4.78 is 16.7. The van der Waals surface area contributed by atoms with Gasteiger partial charge in [-0.05, 0) is 55.0 Å². The van der Waals surface area contributed by atoms with Crippen molar-refractivity contribution in [3.63, 3.8) is 0 Å². The Morgan fingerprint density at radius 3 is 2.65 bits per heavy atom. The highest BCUT2D eigenvalue weighted by Crippen LogP contribution is 2.31. The molecule has 130 valence electrons. The molecule has 0 saturated heterocycles. The molecule has 0 aliphatic heterocycles. The lowest BCUT2D eigenvalue weighted by atomic mass is 10.1. The highest BCUT2D eigenvalue weighted by Gasteiger charge is 2.11. The lowest BCUT2D eigenvalue weighted by molar-refractivity contribution is -0.136. The van der Waals surface area contributed by atoms with E-state index in [0.717, 1.165) is 27.5 Å². The summed E-state index contributed by atoms with van der Waals surface area (Å²) >= 11 is 5.91. The number of furan rings is 1. The van der Waals surface area contributed by atoms with Gasteiger partial charge in [0.15, 0.2) is 6.61 Å². The lowest BCUT2D eigenvalue weighted by Crippen LogP contribution is -2.17. The number of halogens is 1. The minimum absolute atomic E-state index is 0.188. The van der Waals surface area contributed by atoms with Crippen molar-refractivity contribution in [3.8, 4) is 11.5 Å². The summed E-state index contributed by atoms with van der Waals surface area (Å²) in [5.41, 5.74) is 2.41. The molecule has 1 aromatic heterocycles. The Balaban J connectivity index is 1.49. The molecule has 0 aliphatic carbocycles. The molecule has 4 nitrogen and oxygen atoms in total. The number of carbonyl (C=O) groups excluding carboxylic acids is 1.